The number of ether oxygens (including phenoxy) is 2. The summed E-state index contributed by atoms with van der Waals surface area (Å²) in [7, 11) is 0. The molecule has 0 bridgehead atoms. The van der Waals surface area contributed by atoms with E-state index in [0.717, 1.165) is 64.8 Å². The zero-order valence-electron chi connectivity index (χ0n) is 20.9. The van der Waals surface area contributed by atoms with Crippen LogP contribution in [0.3, 0.4) is 0 Å². The molecule has 6 nitrogen and oxygen atoms in total. The first-order chi connectivity index (χ1) is 19.4. The van der Waals surface area contributed by atoms with Gasteiger partial charge in [-0.05, 0) is 90.5 Å². The molecule has 10 heteroatoms. The normalized spacial score (nSPS) is 11.0. The second kappa shape index (κ2) is 10.6. The summed E-state index contributed by atoms with van der Waals surface area (Å²) in [6, 6.07) is 22.2. The number of hydrogen-bond acceptors (Lipinski definition) is 9. The number of nitrogen functional groups attached to an aromatic ring is 2. The van der Waals surface area contributed by atoms with Crippen LogP contribution in [-0.4, -0.2) is 8.75 Å². The summed E-state index contributed by atoms with van der Waals surface area (Å²) >= 11 is 4.31. The van der Waals surface area contributed by atoms with E-state index in [9.17, 15) is 4.39 Å². The summed E-state index contributed by atoms with van der Waals surface area (Å²) in [5, 5.41) is 0. The fourth-order valence-corrected chi connectivity index (χ4v) is 7.11. The Labute approximate surface area is 241 Å². The van der Waals surface area contributed by atoms with Crippen molar-refractivity contribution in [3.05, 3.63) is 98.2 Å². The Morgan fingerprint density at radius 1 is 0.700 bits per heavy atom. The second-order valence-corrected chi connectivity index (χ2v) is 11.4. The molecule has 0 amide bonds. The average Bonchev–Trinajstić information content (AvgIpc) is 3.72. The van der Waals surface area contributed by atoms with E-state index < -0.39 is 6.01 Å². The van der Waals surface area contributed by atoms with Gasteiger partial charge in [0.2, 0.25) is 0 Å². The topological polar surface area (TPSA) is 96.3 Å². The quantitative estimate of drug-likeness (QED) is 0.137. The van der Waals surface area contributed by atoms with Gasteiger partial charge >= 0.3 is 0 Å². The van der Waals surface area contributed by atoms with Crippen LogP contribution in [0, 0.1) is 0 Å². The van der Waals surface area contributed by atoms with Crippen LogP contribution in [0.2, 0.25) is 0 Å². The van der Waals surface area contributed by atoms with Crippen LogP contribution in [0.15, 0.2) is 98.2 Å². The monoisotopic (exact) mass is 584 g/mol. The zero-order valence-corrected chi connectivity index (χ0v) is 23.3. The highest BCUT2D eigenvalue weighted by molar-refractivity contribution is 7.19. The molecule has 6 aromatic rings. The molecule has 3 aromatic carbocycles. The summed E-state index contributed by atoms with van der Waals surface area (Å²) in [6.45, 7) is 6.72. The van der Waals surface area contributed by atoms with E-state index in [4.69, 9.17) is 20.9 Å². The lowest BCUT2D eigenvalue weighted by atomic mass is 10.0. The van der Waals surface area contributed by atoms with Crippen LogP contribution in [-0.2, 0) is 0 Å². The van der Waals surface area contributed by atoms with Crippen LogP contribution in [0.1, 0.15) is 0 Å². The molecule has 0 radical (unpaired) electrons. The maximum absolute atomic E-state index is 13.0. The molecule has 0 saturated carbocycles. The number of aromatic nitrogens is 2. The number of anilines is 2. The van der Waals surface area contributed by atoms with Crippen LogP contribution in [0.5, 0.6) is 11.5 Å². The fraction of sp³-hybridized carbons (Fsp3) is 0. The number of fused-ring (bicyclic) bond motifs is 1. The van der Waals surface area contributed by atoms with E-state index in [2.05, 4.69) is 28.0 Å². The summed E-state index contributed by atoms with van der Waals surface area (Å²) in [5.41, 5.74) is 19.3. The van der Waals surface area contributed by atoms with Crippen molar-refractivity contribution in [2.24, 2.45) is 0 Å². The van der Waals surface area contributed by atoms with Gasteiger partial charge in [0.1, 0.15) is 22.5 Å². The van der Waals surface area contributed by atoms with Crippen molar-refractivity contribution < 1.29 is 13.9 Å². The van der Waals surface area contributed by atoms with E-state index in [1.807, 2.05) is 54.6 Å². The molecule has 0 spiro atoms. The minimum absolute atomic E-state index is 0.381. The number of hydrogen-bond donors (Lipinski definition) is 2. The predicted molar refractivity (Wildman–Crippen MR) is 165 cm³/mol. The number of halogens is 1. The lowest BCUT2D eigenvalue weighted by molar-refractivity contribution is 0.305. The van der Waals surface area contributed by atoms with Gasteiger partial charge < -0.3 is 20.9 Å². The Hall–Kier alpha value is -4.51. The molecule has 0 fully saturated rings. The minimum Gasteiger partial charge on any atom is -0.466 e. The molecule has 0 aliphatic rings. The number of nitrogens with zero attached hydrogens (tertiary/aromatic N) is 2. The van der Waals surface area contributed by atoms with E-state index in [-0.39, 0.29) is 0 Å². The molecule has 3 heterocycles. The number of thiophene rings is 2. The van der Waals surface area contributed by atoms with Gasteiger partial charge in [-0.25, -0.2) is 0 Å². The second-order valence-electron chi connectivity index (χ2n) is 8.66. The molecule has 0 unspecified atom stereocenters. The molecule has 0 atom stereocenters. The molecule has 6 rings (SSSR count). The summed E-state index contributed by atoms with van der Waals surface area (Å²) in [5.74, 6) is 1.11. The standard InChI is InChI=1S/C30H21FN4O2S3/c1-3-36-19-8-4-17(5-9-19)21-12-14-23(38-21)25-27(32)28(33)26(30-29(25)34-40-35-30)24-15-13-22(39-24)18-6-10-20(11-7-18)37-16(2)31/h3-15H,1-2,32-33H2. The fourth-order valence-electron chi connectivity index (χ4n) is 4.40. The van der Waals surface area contributed by atoms with Gasteiger partial charge in [-0.2, -0.15) is 13.1 Å². The van der Waals surface area contributed by atoms with Gasteiger partial charge in [0, 0.05) is 30.6 Å². The Kier molecular flexibility index (Phi) is 6.81. The van der Waals surface area contributed by atoms with Crippen molar-refractivity contribution in [3.63, 3.8) is 0 Å². The highest BCUT2D eigenvalue weighted by atomic mass is 32.1. The smallest absolute Gasteiger partial charge is 0.270 e. The molecule has 40 heavy (non-hydrogen) atoms. The number of benzene rings is 3. The number of rotatable bonds is 8. The van der Waals surface area contributed by atoms with Crippen molar-refractivity contribution in [3.8, 4) is 53.3 Å². The molecule has 4 N–H and O–H groups in total. The van der Waals surface area contributed by atoms with E-state index >= 15 is 0 Å². The Morgan fingerprint density at radius 2 is 1.15 bits per heavy atom. The van der Waals surface area contributed by atoms with Crippen molar-refractivity contribution in [1.29, 1.82) is 0 Å². The van der Waals surface area contributed by atoms with Gasteiger partial charge in [-0.15, -0.1) is 22.7 Å². The first-order valence-corrected chi connectivity index (χ1v) is 14.3. The third kappa shape index (κ3) is 4.73. The first kappa shape index (κ1) is 25.8. The molecule has 0 saturated heterocycles. The van der Waals surface area contributed by atoms with E-state index in [1.54, 1.807) is 34.8 Å². The molecule has 0 aliphatic heterocycles. The lowest BCUT2D eigenvalue weighted by Crippen LogP contribution is -2.00. The summed E-state index contributed by atoms with van der Waals surface area (Å²) in [6.07, 6.45) is 1.40. The number of nitrogens with two attached hydrogens (primary N) is 2. The van der Waals surface area contributed by atoms with Crippen LogP contribution in [0.25, 0.3) is 52.8 Å². The molecular formula is C30H21FN4O2S3. The third-order valence-electron chi connectivity index (χ3n) is 6.22. The minimum atomic E-state index is -0.852. The van der Waals surface area contributed by atoms with Crippen LogP contribution < -0.4 is 20.9 Å². The maximum Gasteiger partial charge on any atom is 0.270 e. The Balaban J connectivity index is 1.37. The molecule has 0 aliphatic carbocycles. The highest BCUT2D eigenvalue weighted by Gasteiger charge is 2.23. The zero-order chi connectivity index (χ0) is 27.8. The van der Waals surface area contributed by atoms with Crippen molar-refractivity contribution in [2.75, 3.05) is 11.5 Å². The van der Waals surface area contributed by atoms with Crippen molar-refractivity contribution in [1.82, 2.24) is 8.75 Å². The Morgan fingerprint density at radius 3 is 1.60 bits per heavy atom. The Bertz CT molecular complexity index is 1870. The van der Waals surface area contributed by atoms with E-state index in [1.165, 1.54) is 6.26 Å². The molecule has 198 valence electrons. The van der Waals surface area contributed by atoms with Crippen molar-refractivity contribution in [2.45, 2.75) is 0 Å². The van der Waals surface area contributed by atoms with Crippen molar-refractivity contribution >= 4 is 56.8 Å². The predicted octanol–water partition coefficient (Wildman–Crippen LogP) is 8.99. The van der Waals surface area contributed by atoms with E-state index in [0.29, 0.717) is 22.6 Å². The van der Waals surface area contributed by atoms with Gasteiger partial charge in [0.15, 0.2) is 0 Å². The largest absolute Gasteiger partial charge is 0.466 e. The summed E-state index contributed by atoms with van der Waals surface area (Å²) < 4.78 is 32.5. The lowest BCUT2D eigenvalue weighted by Gasteiger charge is -2.12. The van der Waals surface area contributed by atoms with Crippen LogP contribution in [0.4, 0.5) is 15.8 Å². The first-order valence-electron chi connectivity index (χ1n) is 12.0. The van der Waals surface area contributed by atoms with Gasteiger partial charge in [0.25, 0.3) is 6.01 Å². The maximum atomic E-state index is 13.0. The highest BCUT2D eigenvalue weighted by Crippen LogP contribution is 2.49. The molecule has 3 aromatic heterocycles. The SMILES string of the molecule is C=COc1ccc(-c2ccc(-c3c(N)c(N)c(-c4ccc(-c5ccc(OC(=C)F)cc5)s4)c4nsnc34)s2)cc1. The van der Waals surface area contributed by atoms with Gasteiger partial charge in [-0.3, -0.25) is 0 Å². The van der Waals surface area contributed by atoms with Gasteiger partial charge in [0.05, 0.1) is 29.4 Å². The summed E-state index contributed by atoms with van der Waals surface area (Å²) in [4.78, 5) is 3.97. The average molecular weight is 585 g/mol. The van der Waals surface area contributed by atoms with Crippen LogP contribution >= 0.6 is 34.4 Å². The molecular weight excluding hydrogens is 564 g/mol. The third-order valence-corrected chi connectivity index (χ3v) is 9.05. The van der Waals surface area contributed by atoms with Gasteiger partial charge in [-0.1, -0.05) is 6.58 Å².